The summed E-state index contributed by atoms with van der Waals surface area (Å²) in [6.07, 6.45) is -0.185. The number of fused-ring (bicyclic) bond motifs is 6. The van der Waals surface area contributed by atoms with Crippen LogP contribution in [0.3, 0.4) is 0 Å². The molecule has 3 aromatic carbocycles. The Hall–Kier alpha value is -2.34. The third kappa shape index (κ3) is 5.98. The third-order valence-electron chi connectivity index (χ3n) is 9.89. The number of nitrogens with zero attached hydrogens (tertiary/aromatic N) is 2. The minimum Gasteiger partial charge on any atom is -0.450 e. The van der Waals surface area contributed by atoms with E-state index in [1.54, 1.807) is 67.6 Å². The van der Waals surface area contributed by atoms with E-state index in [2.05, 4.69) is 47.8 Å². The highest BCUT2D eigenvalue weighted by Crippen LogP contribution is 2.60. The number of anilines is 1. The number of Topliss-reactive ketones (excluding diaryl/α,β-unsaturated/α-hetero) is 1. The van der Waals surface area contributed by atoms with Crippen molar-refractivity contribution in [3.8, 4) is 11.3 Å². The van der Waals surface area contributed by atoms with Gasteiger partial charge in [0.15, 0.2) is 6.10 Å². The van der Waals surface area contributed by atoms with Crippen molar-refractivity contribution in [2.75, 3.05) is 10.8 Å². The van der Waals surface area contributed by atoms with Crippen LogP contribution in [-0.2, 0) is 14.3 Å². The molecule has 13 heteroatoms. The Balaban J connectivity index is 1.23. The fraction of sp³-hybridized carbons (Fsp3) is 0.306. The van der Waals surface area contributed by atoms with Crippen LogP contribution in [0.15, 0.2) is 65.1 Å². The Morgan fingerprint density at radius 2 is 1.57 bits per heavy atom. The van der Waals surface area contributed by atoms with Crippen LogP contribution in [-0.4, -0.2) is 50.2 Å². The van der Waals surface area contributed by atoms with E-state index < -0.39 is 17.9 Å². The predicted octanol–water partition coefficient (Wildman–Crippen LogP) is 9.60. The minimum atomic E-state index is -1.14. The Morgan fingerprint density at radius 3 is 2.16 bits per heavy atom. The molecule has 3 fully saturated rings. The number of aryl methyl sites for hydroxylation is 1. The number of ether oxygens (including phenoxy) is 1. The van der Waals surface area contributed by atoms with E-state index in [9.17, 15) is 19.2 Å². The lowest BCUT2D eigenvalue weighted by molar-refractivity contribution is -0.123. The number of hydrogen-bond donors (Lipinski definition) is 0. The molecule has 1 aromatic heterocycles. The van der Waals surface area contributed by atoms with Gasteiger partial charge in [0.2, 0.25) is 17.6 Å². The van der Waals surface area contributed by atoms with Crippen LogP contribution < -0.4 is 4.90 Å². The lowest BCUT2D eigenvalue weighted by Gasteiger charge is -2.28. The van der Waals surface area contributed by atoms with Gasteiger partial charge in [-0.25, -0.2) is 9.78 Å². The monoisotopic (exact) mass is 908 g/mol. The largest absolute Gasteiger partial charge is 0.450 e. The quantitative estimate of drug-likeness (QED) is 0.0757. The first kappa shape index (κ1) is 35.1. The highest BCUT2D eigenvalue weighted by Gasteiger charge is 2.66. The number of halogens is 6. The maximum atomic E-state index is 13.9. The standard InChI is InChI=1S/C36H26Br3Cl3N2O5/c1-15-31(42)24(37)13-20-21(36(48)49-26(10-11-40)33(45)17-2-6-18(41)7-3-17)14-25(43-32(15)20)16-4-8-19(9-5-16)44-34(46)27-22-12-23(28(27)35(44)47)30(39)29(22)38/h2-9,13-14,22-23,26-30H,10-12H2,1H3. The summed E-state index contributed by atoms with van der Waals surface area (Å²) in [5.74, 6) is -1.81. The van der Waals surface area contributed by atoms with E-state index in [0.29, 0.717) is 53.5 Å². The van der Waals surface area contributed by atoms with Crippen LogP contribution in [0.2, 0.25) is 10.0 Å². The summed E-state index contributed by atoms with van der Waals surface area (Å²) in [4.78, 5) is 61.0. The summed E-state index contributed by atoms with van der Waals surface area (Å²) in [6.45, 7) is 1.80. The molecule has 3 aliphatic rings. The second-order valence-electron chi connectivity index (χ2n) is 12.6. The van der Waals surface area contributed by atoms with E-state index in [1.165, 1.54) is 4.90 Å². The molecule has 7 atom stereocenters. The fourth-order valence-electron chi connectivity index (χ4n) is 7.50. The molecule has 4 aromatic rings. The summed E-state index contributed by atoms with van der Waals surface area (Å²) in [7, 11) is 0. The maximum absolute atomic E-state index is 13.9. The SMILES string of the molecule is Cc1c(Cl)c(Br)cc2c(C(=O)OC(CCCl)C(=O)c3ccc(Cl)cc3)cc(-c3ccc(N4C(=O)C5C6CC(C(Br)C6Br)C5C4=O)cc3)nc12. The van der Waals surface area contributed by atoms with E-state index in [4.69, 9.17) is 44.5 Å². The zero-order chi connectivity index (χ0) is 34.9. The van der Waals surface area contributed by atoms with Gasteiger partial charge in [-0.15, -0.1) is 11.6 Å². The van der Waals surface area contributed by atoms with Gasteiger partial charge in [-0.2, -0.15) is 0 Å². The topological polar surface area (TPSA) is 93.6 Å². The zero-order valence-electron chi connectivity index (χ0n) is 25.6. The number of carbonyl (C=O) groups excluding carboxylic acids is 4. The van der Waals surface area contributed by atoms with Crippen molar-refractivity contribution < 1.29 is 23.9 Å². The van der Waals surface area contributed by atoms with Crippen LogP contribution in [0.5, 0.6) is 0 Å². The lowest BCUT2D eigenvalue weighted by Crippen LogP contribution is -2.37. The maximum Gasteiger partial charge on any atom is 0.339 e. The Labute approximate surface area is 322 Å². The highest BCUT2D eigenvalue weighted by atomic mass is 79.9. The number of hydrogen-bond acceptors (Lipinski definition) is 6. The molecule has 1 saturated heterocycles. The van der Waals surface area contributed by atoms with Gasteiger partial charge in [0.1, 0.15) is 0 Å². The van der Waals surface area contributed by atoms with Crippen molar-refractivity contribution in [1.82, 2.24) is 4.98 Å². The summed E-state index contributed by atoms with van der Waals surface area (Å²) in [5, 5.41) is 1.39. The summed E-state index contributed by atoms with van der Waals surface area (Å²) >= 11 is 29.6. The Bertz CT molecular complexity index is 2010. The number of carbonyl (C=O) groups is 4. The molecule has 252 valence electrons. The Kier molecular flexibility index (Phi) is 9.78. The smallest absolute Gasteiger partial charge is 0.339 e. The number of benzene rings is 3. The van der Waals surface area contributed by atoms with Gasteiger partial charge in [0.25, 0.3) is 0 Å². The van der Waals surface area contributed by atoms with Crippen molar-refractivity contribution >= 4 is 123 Å². The molecule has 2 amide bonds. The van der Waals surface area contributed by atoms with E-state index in [1.807, 2.05) is 0 Å². The molecule has 49 heavy (non-hydrogen) atoms. The van der Waals surface area contributed by atoms with Gasteiger partial charge >= 0.3 is 5.97 Å². The second kappa shape index (κ2) is 13.7. The van der Waals surface area contributed by atoms with Gasteiger partial charge in [-0.1, -0.05) is 67.2 Å². The van der Waals surface area contributed by atoms with Crippen molar-refractivity contribution in [3.05, 3.63) is 91.9 Å². The first-order valence-electron chi connectivity index (χ1n) is 15.5. The molecule has 2 aliphatic carbocycles. The second-order valence-corrected chi connectivity index (χ2v) is 16.7. The molecule has 2 saturated carbocycles. The number of rotatable bonds is 8. The number of imide groups is 1. The van der Waals surface area contributed by atoms with Crippen LogP contribution in [0.4, 0.5) is 5.69 Å². The molecule has 2 heterocycles. The predicted molar refractivity (Wildman–Crippen MR) is 201 cm³/mol. The molecular weight excluding hydrogens is 886 g/mol. The number of pyridine rings is 1. The normalized spacial score (nSPS) is 24.8. The van der Waals surface area contributed by atoms with Crippen LogP contribution in [0, 0.1) is 30.6 Å². The van der Waals surface area contributed by atoms with Gasteiger partial charge in [-0.05, 0) is 95.2 Å². The molecule has 0 spiro atoms. The van der Waals surface area contributed by atoms with Crippen molar-refractivity contribution in [2.24, 2.45) is 23.7 Å². The Morgan fingerprint density at radius 1 is 0.959 bits per heavy atom. The van der Waals surface area contributed by atoms with Crippen molar-refractivity contribution in [1.29, 1.82) is 0 Å². The number of aromatic nitrogens is 1. The van der Waals surface area contributed by atoms with Crippen molar-refractivity contribution in [3.63, 3.8) is 0 Å². The van der Waals surface area contributed by atoms with Crippen molar-refractivity contribution in [2.45, 2.75) is 35.5 Å². The summed E-state index contributed by atoms with van der Waals surface area (Å²) < 4.78 is 6.41. The van der Waals surface area contributed by atoms with E-state index >= 15 is 0 Å². The van der Waals surface area contributed by atoms with Crippen LogP contribution in [0.25, 0.3) is 22.2 Å². The first-order valence-corrected chi connectivity index (χ1v) is 19.4. The number of esters is 1. The van der Waals surface area contributed by atoms with Gasteiger partial charge in [0.05, 0.1) is 39.3 Å². The summed E-state index contributed by atoms with van der Waals surface area (Å²) in [6, 6.07) is 16.6. The van der Waals surface area contributed by atoms with Gasteiger partial charge in [-0.3, -0.25) is 19.3 Å². The van der Waals surface area contributed by atoms with E-state index in [0.717, 1.165) is 6.42 Å². The molecule has 7 rings (SSSR count). The highest BCUT2D eigenvalue weighted by molar-refractivity contribution is 9.12. The van der Waals surface area contributed by atoms with Crippen LogP contribution in [0.1, 0.15) is 39.1 Å². The van der Waals surface area contributed by atoms with Gasteiger partial charge in [0, 0.05) is 48.0 Å². The molecule has 1 aliphatic heterocycles. The first-order chi connectivity index (χ1) is 23.4. The zero-order valence-corrected chi connectivity index (χ0v) is 32.7. The van der Waals surface area contributed by atoms with E-state index in [-0.39, 0.29) is 63.0 Å². The van der Waals surface area contributed by atoms with Crippen LogP contribution >= 0.6 is 82.6 Å². The molecule has 7 unspecified atom stereocenters. The number of ketones is 1. The number of alkyl halides is 3. The average Bonchev–Trinajstić information content (AvgIpc) is 3.71. The molecular formula is C36H26Br3Cl3N2O5. The summed E-state index contributed by atoms with van der Waals surface area (Å²) in [5.41, 5.74) is 3.17. The molecule has 7 nitrogen and oxygen atoms in total. The fourth-order valence-corrected chi connectivity index (χ4v) is 10.4. The minimum absolute atomic E-state index is 0.0877. The third-order valence-corrected chi connectivity index (χ3v) is 14.9. The number of amides is 2. The average molecular weight is 913 g/mol. The molecule has 0 radical (unpaired) electrons. The molecule has 0 N–H and O–H groups in total. The van der Waals surface area contributed by atoms with Gasteiger partial charge < -0.3 is 4.74 Å². The lowest BCUT2D eigenvalue weighted by atomic mass is 9.81. The molecule has 2 bridgehead atoms.